The third kappa shape index (κ3) is 2.91. The van der Waals surface area contributed by atoms with Gasteiger partial charge in [0.2, 0.25) is 0 Å². The number of hydrogen-bond acceptors (Lipinski definition) is 5. The van der Waals surface area contributed by atoms with Crippen LogP contribution in [0.15, 0.2) is 50.6 Å². The zero-order valence-electron chi connectivity index (χ0n) is 12.3. The molecular formula is C16H11FIN3O2S. The number of fused-ring (bicyclic) bond motifs is 1. The van der Waals surface area contributed by atoms with Crippen molar-refractivity contribution in [2.24, 2.45) is 4.99 Å². The summed E-state index contributed by atoms with van der Waals surface area (Å²) in [5.74, 6) is 0.358. The van der Waals surface area contributed by atoms with Gasteiger partial charge < -0.3 is 9.32 Å². The van der Waals surface area contributed by atoms with E-state index in [9.17, 15) is 9.18 Å². The van der Waals surface area contributed by atoms with Crippen LogP contribution in [0.25, 0.3) is 6.08 Å². The van der Waals surface area contributed by atoms with Crippen LogP contribution in [0.4, 0.5) is 10.1 Å². The molecule has 0 bridgehead atoms. The Bertz CT molecular complexity index is 1070. The van der Waals surface area contributed by atoms with Gasteiger partial charge in [0.1, 0.15) is 24.9 Å². The lowest BCUT2D eigenvalue weighted by molar-refractivity contribution is 0.528. The maximum Gasteiger partial charge on any atom is 0.271 e. The van der Waals surface area contributed by atoms with Gasteiger partial charge in [-0.1, -0.05) is 11.3 Å². The molecule has 0 saturated heterocycles. The van der Waals surface area contributed by atoms with E-state index in [1.54, 1.807) is 22.8 Å². The Morgan fingerprint density at radius 3 is 2.75 bits per heavy atom. The smallest absolute Gasteiger partial charge is 0.271 e. The maximum absolute atomic E-state index is 13.1. The summed E-state index contributed by atoms with van der Waals surface area (Å²) in [5.41, 5.74) is 0.729. The van der Waals surface area contributed by atoms with Crippen LogP contribution in [0.2, 0.25) is 0 Å². The van der Waals surface area contributed by atoms with Crippen LogP contribution in [0.5, 0.6) is 0 Å². The van der Waals surface area contributed by atoms with Crippen molar-refractivity contribution in [3.05, 3.63) is 71.4 Å². The van der Waals surface area contributed by atoms with Crippen molar-refractivity contribution in [3.8, 4) is 0 Å². The largest absolute Gasteiger partial charge is 0.451 e. The highest BCUT2D eigenvalue weighted by molar-refractivity contribution is 14.1. The lowest BCUT2D eigenvalue weighted by Gasteiger charge is -2.25. The van der Waals surface area contributed by atoms with Crippen LogP contribution >= 0.6 is 33.9 Å². The Labute approximate surface area is 153 Å². The molecule has 0 radical (unpaired) electrons. The lowest BCUT2D eigenvalue weighted by atomic mass is 10.3. The summed E-state index contributed by atoms with van der Waals surface area (Å²) in [5, 5.41) is 0. The number of nitrogens with zero attached hydrogens (tertiary/aromatic N) is 3. The molecule has 0 unspecified atom stereocenters. The fraction of sp³-hybridized carbons (Fsp3) is 0.125. The third-order valence-corrected chi connectivity index (χ3v) is 5.26. The molecule has 0 fully saturated rings. The Morgan fingerprint density at radius 1 is 1.25 bits per heavy atom. The quantitative estimate of drug-likeness (QED) is 0.557. The highest BCUT2D eigenvalue weighted by Gasteiger charge is 2.16. The highest BCUT2D eigenvalue weighted by atomic mass is 127. The Hall–Kier alpha value is -1.94. The SMILES string of the molecule is O=c1/c(=C/c2ccc(I)o2)sc2n1CN(c1ccc(F)cc1)CN=2. The molecule has 8 heteroatoms. The Kier molecular flexibility index (Phi) is 4.01. The first-order valence-corrected chi connectivity index (χ1v) is 9.01. The molecule has 0 N–H and O–H groups in total. The second-order valence-electron chi connectivity index (χ2n) is 5.23. The molecule has 0 aliphatic carbocycles. The summed E-state index contributed by atoms with van der Waals surface area (Å²) >= 11 is 3.43. The molecule has 4 rings (SSSR count). The molecule has 2 aromatic heterocycles. The molecule has 3 aromatic rings. The van der Waals surface area contributed by atoms with Gasteiger partial charge in [0, 0.05) is 11.8 Å². The van der Waals surface area contributed by atoms with Crippen molar-refractivity contribution >= 4 is 45.7 Å². The summed E-state index contributed by atoms with van der Waals surface area (Å²) in [7, 11) is 0. The number of halogens is 2. The molecule has 0 amide bonds. The second-order valence-corrected chi connectivity index (χ2v) is 7.30. The van der Waals surface area contributed by atoms with Gasteiger partial charge in [-0.2, -0.15) is 0 Å². The fourth-order valence-electron chi connectivity index (χ4n) is 2.46. The third-order valence-electron chi connectivity index (χ3n) is 3.64. The summed E-state index contributed by atoms with van der Waals surface area (Å²) in [4.78, 5) is 19.7. The van der Waals surface area contributed by atoms with E-state index >= 15 is 0 Å². The van der Waals surface area contributed by atoms with Gasteiger partial charge in [-0.05, 0) is 59.0 Å². The van der Waals surface area contributed by atoms with Gasteiger partial charge in [0.15, 0.2) is 8.57 Å². The van der Waals surface area contributed by atoms with Crippen LogP contribution in [0.3, 0.4) is 0 Å². The minimum Gasteiger partial charge on any atom is -0.451 e. The molecule has 1 aliphatic heterocycles. The minimum atomic E-state index is -0.286. The molecule has 3 heterocycles. The zero-order valence-corrected chi connectivity index (χ0v) is 15.3. The van der Waals surface area contributed by atoms with E-state index in [0.717, 1.165) is 9.45 Å². The molecular weight excluding hydrogens is 444 g/mol. The van der Waals surface area contributed by atoms with Crippen molar-refractivity contribution in [2.45, 2.75) is 6.67 Å². The number of benzene rings is 1. The molecule has 5 nitrogen and oxygen atoms in total. The van der Waals surface area contributed by atoms with Crippen LogP contribution in [-0.4, -0.2) is 11.2 Å². The molecule has 0 saturated carbocycles. The standard InChI is InChI=1S/C16H11FIN3O2S/c17-10-1-3-11(4-2-10)20-8-19-16-21(9-20)15(22)13(24-16)7-12-5-6-14(18)23-12/h1-7H,8-9H2/b13-7-. The number of aromatic nitrogens is 1. The van der Waals surface area contributed by atoms with Gasteiger partial charge >= 0.3 is 0 Å². The summed E-state index contributed by atoms with van der Waals surface area (Å²) in [6.45, 7) is 0.826. The average Bonchev–Trinajstić information content (AvgIpc) is 3.12. The topological polar surface area (TPSA) is 50.7 Å². The normalized spacial score (nSPS) is 14.6. The van der Waals surface area contributed by atoms with Gasteiger partial charge in [-0.3, -0.25) is 9.36 Å². The van der Waals surface area contributed by atoms with Gasteiger partial charge in [0.05, 0.1) is 4.53 Å². The van der Waals surface area contributed by atoms with E-state index < -0.39 is 0 Å². The van der Waals surface area contributed by atoms with Crippen LogP contribution < -0.4 is 19.8 Å². The highest BCUT2D eigenvalue weighted by Crippen LogP contribution is 2.16. The van der Waals surface area contributed by atoms with Crippen molar-refractivity contribution in [2.75, 3.05) is 11.6 Å². The molecule has 0 atom stereocenters. The lowest BCUT2D eigenvalue weighted by Crippen LogP contribution is -2.42. The van der Waals surface area contributed by atoms with E-state index in [-0.39, 0.29) is 11.4 Å². The van der Waals surface area contributed by atoms with E-state index in [1.165, 1.54) is 23.5 Å². The van der Waals surface area contributed by atoms with E-state index in [4.69, 9.17) is 4.42 Å². The monoisotopic (exact) mass is 455 g/mol. The molecule has 0 spiro atoms. The van der Waals surface area contributed by atoms with Crippen LogP contribution in [0, 0.1) is 9.58 Å². The molecule has 24 heavy (non-hydrogen) atoms. The summed E-state index contributed by atoms with van der Waals surface area (Å²) in [6.07, 6.45) is 1.73. The number of furan rings is 1. The van der Waals surface area contributed by atoms with Crippen molar-refractivity contribution in [1.29, 1.82) is 0 Å². The summed E-state index contributed by atoms with van der Waals surface area (Å²) in [6, 6.07) is 9.85. The zero-order chi connectivity index (χ0) is 16.7. The average molecular weight is 455 g/mol. The fourth-order valence-corrected chi connectivity index (χ4v) is 3.84. The molecule has 1 aromatic carbocycles. The van der Waals surface area contributed by atoms with Crippen molar-refractivity contribution < 1.29 is 8.81 Å². The maximum atomic E-state index is 13.1. The van der Waals surface area contributed by atoms with E-state index in [2.05, 4.69) is 27.6 Å². The van der Waals surface area contributed by atoms with Crippen LogP contribution in [-0.2, 0) is 6.67 Å². The predicted octanol–water partition coefficient (Wildman–Crippen LogP) is 2.13. The van der Waals surface area contributed by atoms with E-state index in [0.29, 0.717) is 28.4 Å². The molecule has 122 valence electrons. The van der Waals surface area contributed by atoms with Crippen LogP contribution in [0.1, 0.15) is 5.76 Å². The summed E-state index contributed by atoms with van der Waals surface area (Å²) < 4.78 is 21.5. The second kappa shape index (κ2) is 6.17. The van der Waals surface area contributed by atoms with Gasteiger partial charge in [-0.15, -0.1) is 0 Å². The first-order chi connectivity index (χ1) is 11.6. The first-order valence-electron chi connectivity index (χ1n) is 7.12. The minimum absolute atomic E-state index is 0.100. The number of rotatable bonds is 2. The van der Waals surface area contributed by atoms with Crippen molar-refractivity contribution in [1.82, 2.24) is 4.57 Å². The van der Waals surface area contributed by atoms with Gasteiger partial charge in [0.25, 0.3) is 5.56 Å². The number of thiazole rings is 1. The van der Waals surface area contributed by atoms with Crippen molar-refractivity contribution in [3.63, 3.8) is 0 Å². The Morgan fingerprint density at radius 2 is 2.04 bits per heavy atom. The number of anilines is 1. The predicted molar refractivity (Wildman–Crippen MR) is 98.1 cm³/mol. The van der Waals surface area contributed by atoms with Gasteiger partial charge in [-0.25, -0.2) is 9.38 Å². The molecule has 1 aliphatic rings. The van der Waals surface area contributed by atoms with E-state index in [1.807, 2.05) is 17.0 Å². The first kappa shape index (κ1) is 15.6. The Balaban J connectivity index is 1.71. The number of hydrogen-bond donors (Lipinski definition) is 0.